The molecule has 2 aromatic carbocycles. The van der Waals surface area contributed by atoms with Crippen LogP contribution in [0.1, 0.15) is 18.4 Å². The number of carbonyl (C=O) groups is 1. The van der Waals surface area contributed by atoms with Gasteiger partial charge in [0, 0.05) is 36.1 Å². The fourth-order valence-corrected chi connectivity index (χ4v) is 4.43. The van der Waals surface area contributed by atoms with Crippen LogP contribution in [0, 0.1) is 5.82 Å². The van der Waals surface area contributed by atoms with Gasteiger partial charge in [0.2, 0.25) is 11.9 Å². The largest absolute Gasteiger partial charge is 0.491 e. The summed E-state index contributed by atoms with van der Waals surface area (Å²) >= 11 is 5.83. The second-order valence-electron chi connectivity index (χ2n) is 8.63. The van der Waals surface area contributed by atoms with Crippen molar-refractivity contribution in [3.63, 3.8) is 0 Å². The van der Waals surface area contributed by atoms with E-state index in [0.717, 1.165) is 36.0 Å². The molecule has 182 valence electrons. The first-order chi connectivity index (χ1) is 17.0. The van der Waals surface area contributed by atoms with Crippen molar-refractivity contribution in [1.82, 2.24) is 9.97 Å². The van der Waals surface area contributed by atoms with E-state index in [9.17, 15) is 9.18 Å². The summed E-state index contributed by atoms with van der Waals surface area (Å²) in [6, 6.07) is 13.0. The van der Waals surface area contributed by atoms with E-state index in [-0.39, 0.29) is 29.0 Å². The van der Waals surface area contributed by atoms with Crippen molar-refractivity contribution in [2.75, 3.05) is 48.3 Å². The molecule has 3 aromatic rings. The first kappa shape index (κ1) is 23.3. The van der Waals surface area contributed by atoms with E-state index in [0.29, 0.717) is 31.2 Å². The van der Waals surface area contributed by atoms with Gasteiger partial charge >= 0.3 is 0 Å². The van der Waals surface area contributed by atoms with Crippen LogP contribution in [0.15, 0.2) is 48.7 Å². The predicted molar refractivity (Wildman–Crippen MR) is 133 cm³/mol. The van der Waals surface area contributed by atoms with Crippen molar-refractivity contribution in [2.24, 2.45) is 0 Å². The number of amides is 1. The van der Waals surface area contributed by atoms with E-state index in [1.54, 1.807) is 12.0 Å². The smallest absolute Gasteiger partial charge is 0.241 e. The van der Waals surface area contributed by atoms with Crippen molar-refractivity contribution in [1.29, 1.82) is 0 Å². The molecule has 0 saturated heterocycles. The third-order valence-electron chi connectivity index (χ3n) is 6.26. The quantitative estimate of drug-likeness (QED) is 0.326. The molecule has 2 N–H and O–H groups in total. The molecule has 1 spiro atoms. The van der Waals surface area contributed by atoms with Gasteiger partial charge in [0.05, 0.1) is 12.8 Å². The number of halogens is 2. The number of benzene rings is 2. The Morgan fingerprint density at radius 2 is 1.91 bits per heavy atom. The Bertz CT molecular complexity index is 1240. The number of anilines is 5. The monoisotopic (exact) mass is 497 g/mol. The first-order valence-electron chi connectivity index (χ1n) is 11.3. The topological polar surface area (TPSA) is 88.6 Å². The zero-order chi connectivity index (χ0) is 24.4. The van der Waals surface area contributed by atoms with Gasteiger partial charge in [-0.3, -0.25) is 4.79 Å². The SMILES string of the molecule is COCCOc1ccc(Nc2ncc(F)c(Nc3ccc4c(c3)N(C(=O)CCl)CC43CC3)n2)cc1. The lowest BCUT2D eigenvalue weighted by atomic mass is 9.98. The van der Waals surface area contributed by atoms with Crippen molar-refractivity contribution in [3.05, 3.63) is 60.0 Å². The molecule has 1 aromatic heterocycles. The second kappa shape index (κ2) is 9.67. The van der Waals surface area contributed by atoms with Crippen molar-refractivity contribution < 1.29 is 18.7 Å². The van der Waals surface area contributed by atoms with Gasteiger partial charge in [0.25, 0.3) is 0 Å². The molecule has 0 radical (unpaired) electrons. The Kier molecular flexibility index (Phi) is 6.44. The van der Waals surface area contributed by atoms with E-state index in [4.69, 9.17) is 21.1 Å². The molecule has 35 heavy (non-hydrogen) atoms. The Hall–Kier alpha value is -3.43. The Balaban J connectivity index is 1.32. The average Bonchev–Trinajstić information content (AvgIpc) is 3.58. The minimum Gasteiger partial charge on any atom is -0.491 e. The highest BCUT2D eigenvalue weighted by molar-refractivity contribution is 6.29. The number of rotatable bonds is 9. The Morgan fingerprint density at radius 3 is 2.63 bits per heavy atom. The fourth-order valence-electron chi connectivity index (χ4n) is 4.29. The summed E-state index contributed by atoms with van der Waals surface area (Å²) in [6.45, 7) is 1.61. The molecule has 2 heterocycles. The lowest BCUT2D eigenvalue weighted by Gasteiger charge is -2.17. The Labute approximate surface area is 207 Å². The molecule has 1 aliphatic heterocycles. The maximum absolute atomic E-state index is 14.5. The lowest BCUT2D eigenvalue weighted by molar-refractivity contribution is -0.116. The van der Waals surface area contributed by atoms with Gasteiger partial charge in [-0.25, -0.2) is 9.37 Å². The number of methoxy groups -OCH3 is 1. The summed E-state index contributed by atoms with van der Waals surface area (Å²) in [5.41, 5.74) is 3.34. The number of alkyl halides is 1. The third kappa shape index (κ3) is 4.87. The predicted octanol–water partition coefficient (Wildman–Crippen LogP) is 4.75. The molecular formula is C25H25ClFN5O3. The minimum atomic E-state index is -0.592. The van der Waals surface area contributed by atoms with Crippen LogP contribution in [0.4, 0.5) is 33.2 Å². The van der Waals surface area contributed by atoms with Crippen LogP contribution in [0.3, 0.4) is 0 Å². The van der Waals surface area contributed by atoms with Gasteiger partial charge in [0.1, 0.15) is 18.2 Å². The van der Waals surface area contributed by atoms with Crippen molar-refractivity contribution >= 4 is 46.3 Å². The first-order valence-corrected chi connectivity index (χ1v) is 11.8. The van der Waals surface area contributed by atoms with Gasteiger partial charge in [-0.2, -0.15) is 4.98 Å². The normalized spacial score (nSPS) is 15.1. The summed E-state index contributed by atoms with van der Waals surface area (Å²) < 4.78 is 25.1. The molecule has 10 heteroatoms. The van der Waals surface area contributed by atoms with Crippen molar-refractivity contribution in [3.8, 4) is 5.75 Å². The average molecular weight is 498 g/mol. The third-order valence-corrected chi connectivity index (χ3v) is 6.49. The summed E-state index contributed by atoms with van der Waals surface area (Å²) in [4.78, 5) is 22.5. The van der Waals surface area contributed by atoms with Crippen LogP contribution in [0.25, 0.3) is 0 Å². The number of carbonyl (C=O) groups excluding carboxylic acids is 1. The van der Waals surface area contributed by atoms with Gasteiger partial charge in [0.15, 0.2) is 11.6 Å². The van der Waals surface area contributed by atoms with Crippen LogP contribution in [-0.4, -0.2) is 48.6 Å². The van der Waals surface area contributed by atoms with E-state index in [1.165, 1.54) is 0 Å². The molecule has 1 fully saturated rings. The molecule has 2 aliphatic rings. The second-order valence-corrected chi connectivity index (χ2v) is 8.90. The molecular weight excluding hydrogens is 473 g/mol. The van der Waals surface area contributed by atoms with Crippen LogP contribution in [0.2, 0.25) is 0 Å². The van der Waals surface area contributed by atoms with Crippen LogP contribution in [0.5, 0.6) is 5.75 Å². The van der Waals surface area contributed by atoms with E-state index >= 15 is 0 Å². The zero-order valence-corrected chi connectivity index (χ0v) is 19.9. The molecule has 8 nitrogen and oxygen atoms in total. The molecule has 0 unspecified atom stereocenters. The number of hydrogen-bond acceptors (Lipinski definition) is 7. The van der Waals surface area contributed by atoms with Gasteiger partial charge in [-0.1, -0.05) is 6.07 Å². The summed E-state index contributed by atoms with van der Waals surface area (Å²) in [6.07, 6.45) is 3.21. The number of hydrogen-bond donors (Lipinski definition) is 2. The van der Waals surface area contributed by atoms with Gasteiger partial charge in [-0.15, -0.1) is 11.6 Å². The molecule has 0 atom stereocenters. The minimum absolute atomic E-state index is 0.0244. The van der Waals surface area contributed by atoms with Crippen LogP contribution >= 0.6 is 11.6 Å². The molecule has 0 bridgehead atoms. The fraction of sp³-hybridized carbons (Fsp3) is 0.320. The maximum atomic E-state index is 14.5. The molecule has 1 aliphatic carbocycles. The standard InChI is InChI=1S/C25H25ClFN5O3/c1-34-10-11-35-18-5-2-16(3-6-18)30-24-28-14-20(27)23(31-24)29-17-4-7-19-21(12-17)32(22(33)13-26)15-25(19)8-9-25/h2-7,12,14H,8-11,13,15H2,1H3,(H2,28,29,30,31). The summed E-state index contributed by atoms with van der Waals surface area (Å²) in [5, 5.41) is 6.09. The molecule has 5 rings (SSSR count). The van der Waals surface area contributed by atoms with Crippen LogP contribution < -0.4 is 20.3 Å². The van der Waals surface area contributed by atoms with Gasteiger partial charge in [-0.05, 0) is 54.8 Å². The van der Waals surface area contributed by atoms with Crippen molar-refractivity contribution in [2.45, 2.75) is 18.3 Å². The highest BCUT2D eigenvalue weighted by Crippen LogP contribution is 2.57. The van der Waals surface area contributed by atoms with Crippen LogP contribution in [-0.2, 0) is 14.9 Å². The van der Waals surface area contributed by atoms with Gasteiger partial charge < -0.3 is 25.0 Å². The number of ether oxygens (including phenoxy) is 2. The Morgan fingerprint density at radius 1 is 1.14 bits per heavy atom. The highest BCUT2D eigenvalue weighted by atomic mass is 35.5. The zero-order valence-electron chi connectivity index (χ0n) is 19.2. The molecule has 1 saturated carbocycles. The number of nitrogens with one attached hydrogen (secondary N) is 2. The van der Waals surface area contributed by atoms with E-state index in [2.05, 4.69) is 20.6 Å². The number of fused-ring (bicyclic) bond motifs is 2. The summed E-state index contributed by atoms with van der Waals surface area (Å²) in [5.74, 6) is 0.161. The number of aromatic nitrogens is 2. The van der Waals surface area contributed by atoms with E-state index in [1.807, 2.05) is 42.5 Å². The van der Waals surface area contributed by atoms with E-state index < -0.39 is 5.82 Å². The lowest BCUT2D eigenvalue weighted by Crippen LogP contribution is -2.32. The molecule has 1 amide bonds. The highest BCUT2D eigenvalue weighted by Gasteiger charge is 2.52. The summed E-state index contributed by atoms with van der Waals surface area (Å²) in [7, 11) is 1.62. The number of nitrogens with zero attached hydrogens (tertiary/aromatic N) is 3. The maximum Gasteiger partial charge on any atom is 0.241 e.